The Labute approximate surface area is 167 Å². The van der Waals surface area contributed by atoms with E-state index >= 15 is 0 Å². The fourth-order valence-electron chi connectivity index (χ4n) is 2.90. The largest absolute Gasteiger partial charge is 0.479 e. The molecule has 3 rings (SSSR count). The number of hydrogen-bond donors (Lipinski definition) is 3. The molecule has 2 amide bonds. The first-order valence-electron chi connectivity index (χ1n) is 7.90. The van der Waals surface area contributed by atoms with Crippen LogP contribution in [-0.4, -0.2) is 76.8 Å². The summed E-state index contributed by atoms with van der Waals surface area (Å²) in [5, 5.41) is 18.6. The summed E-state index contributed by atoms with van der Waals surface area (Å²) in [5.41, 5.74) is 6.14. The standard InChI is InChI=1S/C15H17N5O6S2/c1-25-3-6-4-27-13-9(12(22)20(13)10(6)14(23)24)18-11(21)8(19-26-2)7-5-28-15(16)17-7/h4-5,9-10,13H,3H2,1-2H3,(H2,16,17)(H,18,21)(H,23,24)/b19-8-/t9-,10?,13-/m1/s1. The number of fused-ring (bicyclic) bond motifs is 1. The second-order valence-corrected chi connectivity index (χ2v) is 7.66. The Kier molecular flexibility index (Phi) is 5.86. The van der Waals surface area contributed by atoms with Crippen LogP contribution in [-0.2, 0) is 24.0 Å². The molecule has 2 aliphatic rings. The molecule has 11 nitrogen and oxygen atoms in total. The molecule has 28 heavy (non-hydrogen) atoms. The summed E-state index contributed by atoms with van der Waals surface area (Å²) in [5.74, 6) is -2.34. The number of thiazole rings is 1. The number of nitrogens with two attached hydrogens (primary N) is 1. The molecular weight excluding hydrogens is 410 g/mol. The van der Waals surface area contributed by atoms with Crippen LogP contribution in [0.15, 0.2) is 21.5 Å². The number of ether oxygens (including phenoxy) is 1. The summed E-state index contributed by atoms with van der Waals surface area (Å²) < 4.78 is 5.01. The van der Waals surface area contributed by atoms with Gasteiger partial charge in [0.1, 0.15) is 24.2 Å². The van der Waals surface area contributed by atoms with Gasteiger partial charge in [0.25, 0.3) is 5.91 Å². The second kappa shape index (κ2) is 8.16. The minimum absolute atomic E-state index is 0.0907. The SMILES string of the molecule is COCC1=CS[C@@H]2[C@H](NC(=O)/C(=N\OC)c3csc(N)n3)C(=O)N2C1C(=O)O. The second-order valence-electron chi connectivity index (χ2n) is 5.78. The van der Waals surface area contributed by atoms with E-state index in [0.717, 1.165) is 11.3 Å². The molecule has 0 bridgehead atoms. The number of rotatable bonds is 7. The van der Waals surface area contributed by atoms with Gasteiger partial charge >= 0.3 is 5.97 Å². The molecule has 0 aromatic carbocycles. The molecule has 1 aromatic rings. The van der Waals surface area contributed by atoms with Crippen molar-refractivity contribution in [3.8, 4) is 0 Å². The van der Waals surface area contributed by atoms with Gasteiger partial charge < -0.3 is 30.6 Å². The zero-order valence-electron chi connectivity index (χ0n) is 14.8. The van der Waals surface area contributed by atoms with E-state index in [2.05, 4.69) is 15.5 Å². The number of nitrogens with one attached hydrogen (secondary N) is 1. The van der Waals surface area contributed by atoms with Crippen molar-refractivity contribution in [1.82, 2.24) is 15.2 Å². The van der Waals surface area contributed by atoms with E-state index in [-0.39, 0.29) is 23.1 Å². The first-order valence-corrected chi connectivity index (χ1v) is 9.73. The molecule has 0 saturated carbocycles. The molecule has 13 heteroatoms. The summed E-state index contributed by atoms with van der Waals surface area (Å²) in [4.78, 5) is 46.7. The van der Waals surface area contributed by atoms with Gasteiger partial charge in [0.15, 0.2) is 16.9 Å². The molecule has 1 fully saturated rings. The van der Waals surface area contributed by atoms with Crippen LogP contribution in [0.3, 0.4) is 0 Å². The van der Waals surface area contributed by atoms with E-state index in [4.69, 9.17) is 15.3 Å². The molecule has 2 aliphatic heterocycles. The summed E-state index contributed by atoms with van der Waals surface area (Å²) >= 11 is 2.37. The van der Waals surface area contributed by atoms with Crippen molar-refractivity contribution in [2.75, 3.05) is 26.6 Å². The summed E-state index contributed by atoms with van der Waals surface area (Å²) in [7, 11) is 2.72. The third kappa shape index (κ3) is 3.55. The monoisotopic (exact) mass is 427 g/mol. The molecule has 3 heterocycles. The maximum atomic E-state index is 12.6. The van der Waals surface area contributed by atoms with E-state index in [0.29, 0.717) is 5.57 Å². The first-order chi connectivity index (χ1) is 13.4. The summed E-state index contributed by atoms with van der Waals surface area (Å²) in [6, 6.07) is -2.03. The number of aliphatic carboxylic acids is 1. The van der Waals surface area contributed by atoms with Crippen molar-refractivity contribution in [3.05, 3.63) is 22.1 Å². The van der Waals surface area contributed by atoms with Gasteiger partial charge in [0, 0.05) is 12.5 Å². The number of amides is 2. The lowest BCUT2D eigenvalue weighted by atomic mass is 9.98. The molecule has 150 valence electrons. The lowest BCUT2D eigenvalue weighted by molar-refractivity contribution is -0.160. The highest BCUT2D eigenvalue weighted by molar-refractivity contribution is 8.02. The van der Waals surface area contributed by atoms with Crippen LogP contribution in [0.4, 0.5) is 5.13 Å². The average molecular weight is 427 g/mol. The van der Waals surface area contributed by atoms with E-state index in [9.17, 15) is 19.5 Å². The van der Waals surface area contributed by atoms with Crippen molar-refractivity contribution in [2.24, 2.45) is 5.16 Å². The van der Waals surface area contributed by atoms with Crippen molar-refractivity contribution in [1.29, 1.82) is 0 Å². The minimum Gasteiger partial charge on any atom is -0.479 e. The first kappa shape index (κ1) is 20.1. The zero-order chi connectivity index (χ0) is 20.4. The fourth-order valence-corrected chi connectivity index (χ4v) is 4.65. The van der Waals surface area contributed by atoms with Crippen LogP contribution in [0, 0.1) is 0 Å². The maximum Gasteiger partial charge on any atom is 0.330 e. The number of aromatic nitrogens is 1. The number of hydrogen-bond acceptors (Lipinski definition) is 10. The number of methoxy groups -OCH3 is 1. The van der Waals surface area contributed by atoms with Crippen LogP contribution in [0.25, 0.3) is 0 Å². The maximum absolute atomic E-state index is 12.6. The van der Waals surface area contributed by atoms with Crippen LogP contribution in [0.5, 0.6) is 0 Å². The number of nitrogens with zero attached hydrogens (tertiary/aromatic N) is 3. The van der Waals surface area contributed by atoms with Crippen LogP contribution >= 0.6 is 23.1 Å². The Balaban J connectivity index is 1.77. The molecular formula is C15H17N5O6S2. The lowest BCUT2D eigenvalue weighted by Crippen LogP contribution is -2.74. The van der Waals surface area contributed by atoms with Crippen LogP contribution in [0.1, 0.15) is 5.69 Å². The Bertz CT molecular complexity index is 869. The van der Waals surface area contributed by atoms with Gasteiger partial charge in [0.05, 0.1) is 6.61 Å². The number of nitrogen functional groups attached to an aromatic ring is 1. The average Bonchev–Trinajstić information content (AvgIpc) is 3.09. The van der Waals surface area contributed by atoms with E-state index in [1.54, 1.807) is 5.41 Å². The van der Waals surface area contributed by atoms with Gasteiger partial charge in [-0.05, 0) is 11.0 Å². The number of oxime groups is 1. The van der Waals surface area contributed by atoms with Crippen molar-refractivity contribution < 1.29 is 29.1 Å². The Morgan fingerprint density at radius 1 is 1.46 bits per heavy atom. The number of β-lactam (4-membered cyclic amide) rings is 1. The van der Waals surface area contributed by atoms with E-state index < -0.39 is 35.2 Å². The third-order valence-electron chi connectivity index (χ3n) is 4.06. The summed E-state index contributed by atoms with van der Waals surface area (Å²) in [6.07, 6.45) is 0. The van der Waals surface area contributed by atoms with Gasteiger partial charge in [-0.1, -0.05) is 5.16 Å². The highest BCUT2D eigenvalue weighted by Gasteiger charge is 2.56. The predicted octanol–water partition coefficient (Wildman–Crippen LogP) is -0.541. The molecule has 3 atom stereocenters. The Morgan fingerprint density at radius 3 is 2.79 bits per heavy atom. The smallest absolute Gasteiger partial charge is 0.330 e. The molecule has 1 aromatic heterocycles. The zero-order valence-corrected chi connectivity index (χ0v) is 16.5. The van der Waals surface area contributed by atoms with Gasteiger partial charge in [-0.3, -0.25) is 9.59 Å². The van der Waals surface area contributed by atoms with Crippen molar-refractivity contribution in [3.63, 3.8) is 0 Å². The number of carbonyl (C=O) groups is 3. The number of carbonyl (C=O) groups excluding carboxylic acids is 2. The van der Waals surface area contributed by atoms with Gasteiger partial charge in [-0.2, -0.15) is 0 Å². The van der Waals surface area contributed by atoms with E-state index in [1.165, 1.54) is 36.3 Å². The third-order valence-corrected chi connectivity index (χ3v) is 5.95. The number of anilines is 1. The molecule has 0 radical (unpaired) electrons. The predicted molar refractivity (Wildman–Crippen MR) is 102 cm³/mol. The van der Waals surface area contributed by atoms with Crippen LogP contribution < -0.4 is 11.1 Å². The van der Waals surface area contributed by atoms with Crippen molar-refractivity contribution in [2.45, 2.75) is 17.5 Å². The van der Waals surface area contributed by atoms with E-state index in [1.807, 2.05) is 0 Å². The number of thioether (sulfide) groups is 1. The topological polar surface area (TPSA) is 156 Å². The molecule has 0 spiro atoms. The van der Waals surface area contributed by atoms with Crippen molar-refractivity contribution >= 4 is 51.7 Å². The molecule has 4 N–H and O–H groups in total. The van der Waals surface area contributed by atoms with Gasteiger partial charge in [-0.15, -0.1) is 23.1 Å². The molecule has 0 aliphatic carbocycles. The normalized spacial score (nSPS) is 24.1. The van der Waals surface area contributed by atoms with Crippen LogP contribution in [0.2, 0.25) is 0 Å². The summed E-state index contributed by atoms with van der Waals surface area (Å²) in [6.45, 7) is 0.0907. The molecule has 1 saturated heterocycles. The van der Waals surface area contributed by atoms with Gasteiger partial charge in [0.2, 0.25) is 5.91 Å². The minimum atomic E-state index is -1.16. The number of carboxylic acid groups (broad SMARTS) is 1. The molecule has 1 unspecified atom stereocenters. The Hall–Kier alpha value is -2.64. The number of carboxylic acids is 1. The van der Waals surface area contributed by atoms with Gasteiger partial charge in [-0.25, -0.2) is 9.78 Å². The highest BCUT2D eigenvalue weighted by Crippen LogP contribution is 2.40. The Morgan fingerprint density at radius 2 is 2.21 bits per heavy atom. The highest BCUT2D eigenvalue weighted by atomic mass is 32.2. The lowest BCUT2D eigenvalue weighted by Gasteiger charge is -2.51. The fraction of sp³-hybridized carbons (Fsp3) is 0.400. The quantitative estimate of drug-likeness (QED) is 0.295.